The van der Waals surface area contributed by atoms with Gasteiger partial charge in [-0.3, -0.25) is 19.7 Å². The first kappa shape index (κ1) is 21.7. The molecule has 2 saturated heterocycles. The maximum absolute atomic E-state index is 12.9. The van der Waals surface area contributed by atoms with E-state index in [1.54, 1.807) is 29.2 Å². The Balaban J connectivity index is 1.44. The topological polar surface area (TPSA) is 95.6 Å². The predicted molar refractivity (Wildman–Crippen MR) is 119 cm³/mol. The molecule has 7 nitrogen and oxygen atoms in total. The first-order valence-electron chi connectivity index (χ1n) is 11.0. The Hall–Kier alpha value is -3.48. The lowest BCUT2D eigenvalue weighted by Gasteiger charge is -2.40. The van der Waals surface area contributed by atoms with Crippen molar-refractivity contribution in [1.29, 1.82) is 0 Å². The van der Waals surface area contributed by atoms with Gasteiger partial charge in [0.1, 0.15) is 5.54 Å². The number of nitrogens with zero attached hydrogens (tertiary/aromatic N) is 1. The molecule has 2 aliphatic heterocycles. The van der Waals surface area contributed by atoms with Gasteiger partial charge in [0.05, 0.1) is 0 Å². The minimum Gasteiger partial charge on any atom is -0.339 e. The van der Waals surface area contributed by atoms with Crippen LogP contribution in [0.4, 0.5) is 4.79 Å². The van der Waals surface area contributed by atoms with Crippen LogP contribution in [0.1, 0.15) is 52.5 Å². The Bertz CT molecular complexity index is 1030. The van der Waals surface area contributed by atoms with Gasteiger partial charge in [-0.05, 0) is 56.2 Å². The van der Waals surface area contributed by atoms with Gasteiger partial charge in [0.25, 0.3) is 11.8 Å². The summed E-state index contributed by atoms with van der Waals surface area (Å²) < 4.78 is 0. The number of Topliss-reactive ketones (excluding diaryl/α,β-unsaturated/α-hetero) is 1. The number of piperidine rings is 1. The molecule has 0 aromatic heterocycles. The second-order valence-corrected chi connectivity index (χ2v) is 8.57. The second-order valence-electron chi connectivity index (χ2n) is 8.57. The molecule has 0 radical (unpaired) electrons. The molecule has 0 saturated carbocycles. The third-order valence-electron chi connectivity index (χ3n) is 6.64. The normalized spacial score (nSPS) is 21.2. The van der Waals surface area contributed by atoms with Crippen LogP contribution in [0.5, 0.6) is 0 Å². The molecule has 32 heavy (non-hydrogen) atoms. The standard InChI is InChI=1S/C25H27N3O4/c1-17(29)19-7-9-20(10-8-19)22(30)28-15-12-21(13-16-28)25(23(31)26-24(32)27-25)14-11-18-5-3-2-4-6-18/h2-10,21H,11-16H2,1H3,(H2,26,27,31,32)/t25-/m1/s1. The van der Waals surface area contributed by atoms with Gasteiger partial charge in [0.2, 0.25) is 0 Å². The van der Waals surface area contributed by atoms with Crippen LogP contribution in [0.15, 0.2) is 54.6 Å². The molecule has 4 rings (SSSR count). The first-order valence-corrected chi connectivity index (χ1v) is 11.0. The highest BCUT2D eigenvalue weighted by atomic mass is 16.2. The van der Waals surface area contributed by atoms with Gasteiger partial charge in [-0.2, -0.15) is 0 Å². The summed E-state index contributed by atoms with van der Waals surface area (Å²) in [4.78, 5) is 51.0. The highest BCUT2D eigenvalue weighted by Crippen LogP contribution is 2.35. The van der Waals surface area contributed by atoms with E-state index in [9.17, 15) is 19.2 Å². The van der Waals surface area contributed by atoms with E-state index in [4.69, 9.17) is 0 Å². The zero-order valence-corrected chi connectivity index (χ0v) is 18.1. The van der Waals surface area contributed by atoms with Gasteiger partial charge in [-0.25, -0.2) is 4.79 Å². The quantitative estimate of drug-likeness (QED) is 0.541. The summed E-state index contributed by atoms with van der Waals surface area (Å²) in [5.74, 6) is -0.455. The lowest BCUT2D eigenvalue weighted by molar-refractivity contribution is -0.126. The highest BCUT2D eigenvalue weighted by Gasteiger charge is 2.52. The number of ketones is 1. The van der Waals surface area contributed by atoms with E-state index in [2.05, 4.69) is 10.6 Å². The molecular weight excluding hydrogens is 406 g/mol. The third kappa shape index (κ3) is 4.28. The van der Waals surface area contributed by atoms with Gasteiger partial charge in [0, 0.05) is 24.2 Å². The van der Waals surface area contributed by atoms with Crippen molar-refractivity contribution < 1.29 is 19.2 Å². The largest absolute Gasteiger partial charge is 0.339 e. The number of rotatable bonds is 6. The number of aryl methyl sites for hydroxylation is 1. The van der Waals surface area contributed by atoms with Crippen LogP contribution < -0.4 is 10.6 Å². The molecule has 0 bridgehead atoms. The van der Waals surface area contributed by atoms with Crippen molar-refractivity contribution in [1.82, 2.24) is 15.5 Å². The van der Waals surface area contributed by atoms with E-state index in [-0.39, 0.29) is 23.5 Å². The minimum atomic E-state index is -0.953. The number of carbonyl (C=O) groups excluding carboxylic acids is 4. The fourth-order valence-corrected chi connectivity index (χ4v) is 4.76. The summed E-state index contributed by atoms with van der Waals surface area (Å²) in [5.41, 5.74) is 1.27. The van der Waals surface area contributed by atoms with Crippen LogP contribution in [0.25, 0.3) is 0 Å². The van der Waals surface area contributed by atoms with Gasteiger partial charge in [0.15, 0.2) is 5.78 Å². The third-order valence-corrected chi connectivity index (χ3v) is 6.64. The number of hydrogen-bond donors (Lipinski definition) is 2. The molecule has 7 heteroatoms. The summed E-state index contributed by atoms with van der Waals surface area (Å²) in [7, 11) is 0. The number of amides is 4. The summed E-state index contributed by atoms with van der Waals surface area (Å²) >= 11 is 0. The Labute approximate surface area is 187 Å². The number of imide groups is 1. The summed E-state index contributed by atoms with van der Waals surface area (Å²) in [6.45, 7) is 2.51. The van der Waals surface area contributed by atoms with Gasteiger partial charge in [-0.1, -0.05) is 42.5 Å². The lowest BCUT2D eigenvalue weighted by Crippen LogP contribution is -2.56. The molecule has 166 valence electrons. The number of hydrogen-bond acceptors (Lipinski definition) is 4. The van der Waals surface area contributed by atoms with Crippen LogP contribution in [-0.4, -0.2) is 47.2 Å². The van der Waals surface area contributed by atoms with Crippen molar-refractivity contribution in [3.8, 4) is 0 Å². The molecule has 2 fully saturated rings. The van der Waals surface area contributed by atoms with Gasteiger partial charge >= 0.3 is 6.03 Å². The van der Waals surface area contributed by atoms with E-state index in [1.807, 2.05) is 30.3 Å². The molecule has 2 aromatic carbocycles. The molecule has 0 spiro atoms. The lowest BCUT2D eigenvalue weighted by atomic mass is 9.74. The summed E-state index contributed by atoms with van der Waals surface area (Å²) in [6, 6.07) is 16.1. The zero-order chi connectivity index (χ0) is 22.7. The van der Waals surface area contributed by atoms with Gasteiger partial charge < -0.3 is 10.2 Å². The van der Waals surface area contributed by atoms with E-state index in [0.717, 1.165) is 5.56 Å². The average Bonchev–Trinajstić information content (AvgIpc) is 3.12. The molecule has 2 aromatic rings. The van der Waals surface area contributed by atoms with Crippen molar-refractivity contribution in [3.05, 3.63) is 71.3 Å². The number of urea groups is 1. The van der Waals surface area contributed by atoms with E-state index in [0.29, 0.717) is 49.9 Å². The van der Waals surface area contributed by atoms with E-state index < -0.39 is 11.6 Å². The number of nitrogens with one attached hydrogen (secondary N) is 2. The molecule has 0 unspecified atom stereocenters. The van der Waals surface area contributed by atoms with Crippen LogP contribution in [0.3, 0.4) is 0 Å². The van der Waals surface area contributed by atoms with E-state index in [1.165, 1.54) is 6.92 Å². The summed E-state index contributed by atoms with van der Waals surface area (Å²) in [6.07, 6.45) is 2.44. The van der Waals surface area contributed by atoms with Crippen molar-refractivity contribution in [2.24, 2.45) is 5.92 Å². The molecule has 2 N–H and O–H groups in total. The molecule has 1 atom stereocenters. The molecule has 2 heterocycles. The Kier molecular flexibility index (Phi) is 6.08. The predicted octanol–water partition coefficient (Wildman–Crippen LogP) is 2.95. The second kappa shape index (κ2) is 8.94. The van der Waals surface area contributed by atoms with E-state index >= 15 is 0 Å². The number of likely N-dealkylation sites (tertiary alicyclic amines) is 1. The molecule has 0 aliphatic carbocycles. The Morgan fingerprint density at radius 1 is 0.969 bits per heavy atom. The number of carbonyl (C=O) groups is 4. The monoisotopic (exact) mass is 433 g/mol. The Morgan fingerprint density at radius 3 is 2.16 bits per heavy atom. The van der Waals surface area contributed by atoms with Crippen molar-refractivity contribution in [3.63, 3.8) is 0 Å². The Morgan fingerprint density at radius 2 is 1.59 bits per heavy atom. The van der Waals surface area contributed by atoms with Gasteiger partial charge in [-0.15, -0.1) is 0 Å². The summed E-state index contributed by atoms with van der Waals surface area (Å²) in [5, 5.41) is 5.33. The fraction of sp³-hybridized carbons (Fsp3) is 0.360. The van der Waals surface area contributed by atoms with Crippen LogP contribution in [0.2, 0.25) is 0 Å². The van der Waals surface area contributed by atoms with Crippen LogP contribution in [-0.2, 0) is 11.2 Å². The van der Waals surface area contributed by atoms with Crippen molar-refractivity contribution in [2.75, 3.05) is 13.1 Å². The zero-order valence-electron chi connectivity index (χ0n) is 18.1. The van der Waals surface area contributed by atoms with Crippen LogP contribution in [0, 0.1) is 5.92 Å². The molecule has 4 amide bonds. The highest BCUT2D eigenvalue weighted by molar-refractivity contribution is 6.07. The minimum absolute atomic E-state index is 0.0394. The van der Waals surface area contributed by atoms with Crippen molar-refractivity contribution in [2.45, 2.75) is 38.1 Å². The smallest absolute Gasteiger partial charge is 0.322 e. The first-order chi connectivity index (χ1) is 15.4. The van der Waals surface area contributed by atoms with Crippen molar-refractivity contribution >= 4 is 23.6 Å². The average molecular weight is 434 g/mol. The fourth-order valence-electron chi connectivity index (χ4n) is 4.76. The maximum Gasteiger partial charge on any atom is 0.322 e. The molecular formula is C25H27N3O4. The van der Waals surface area contributed by atoms with Crippen LogP contribution >= 0.6 is 0 Å². The number of benzene rings is 2. The molecule has 2 aliphatic rings. The maximum atomic E-state index is 12.9. The SMILES string of the molecule is CC(=O)c1ccc(C(=O)N2CCC([C@@]3(CCc4ccccc4)NC(=O)NC3=O)CC2)cc1.